The van der Waals surface area contributed by atoms with Crippen LogP contribution in [0.15, 0.2) is 60.9 Å². The summed E-state index contributed by atoms with van der Waals surface area (Å²) in [5.41, 5.74) is 3.17. The van der Waals surface area contributed by atoms with Gasteiger partial charge < -0.3 is 10.6 Å². The molecule has 0 aliphatic carbocycles. The lowest BCUT2D eigenvalue weighted by atomic mass is 10.1. The zero-order chi connectivity index (χ0) is 17.6. The molecule has 126 valence electrons. The molecule has 25 heavy (non-hydrogen) atoms. The number of benzene rings is 2. The quantitative estimate of drug-likeness (QED) is 0.718. The minimum atomic E-state index is -0.338. The van der Waals surface area contributed by atoms with E-state index in [0.29, 0.717) is 23.1 Å². The zero-order valence-corrected chi connectivity index (χ0v) is 14.4. The molecule has 5 nitrogen and oxygen atoms in total. The summed E-state index contributed by atoms with van der Waals surface area (Å²) < 4.78 is 0. The van der Waals surface area contributed by atoms with Crippen molar-refractivity contribution in [1.82, 2.24) is 9.97 Å². The molecule has 1 heterocycles. The summed E-state index contributed by atoms with van der Waals surface area (Å²) in [5.74, 6) is 0.247. The van der Waals surface area contributed by atoms with Gasteiger partial charge in [0.05, 0.1) is 10.7 Å². The van der Waals surface area contributed by atoms with E-state index in [4.69, 9.17) is 11.6 Å². The molecule has 0 radical (unpaired) electrons. The number of hydrogen-bond acceptors (Lipinski definition) is 4. The Morgan fingerprint density at radius 2 is 1.84 bits per heavy atom. The average Bonchev–Trinajstić information content (AvgIpc) is 2.63. The number of anilines is 2. The summed E-state index contributed by atoms with van der Waals surface area (Å²) >= 11 is 6.06. The Hall–Kier alpha value is -2.92. The van der Waals surface area contributed by atoms with Gasteiger partial charge >= 0.3 is 0 Å². The molecule has 0 aliphatic rings. The number of nitrogens with zero attached hydrogens (tertiary/aromatic N) is 2. The summed E-state index contributed by atoms with van der Waals surface area (Å²) in [7, 11) is 0. The molecule has 1 amide bonds. The second-order valence-electron chi connectivity index (χ2n) is 5.50. The molecule has 0 saturated carbocycles. The first-order chi connectivity index (χ1) is 12.1. The molecule has 0 unspecified atom stereocenters. The van der Waals surface area contributed by atoms with E-state index in [9.17, 15) is 4.79 Å². The molecule has 3 rings (SSSR count). The van der Waals surface area contributed by atoms with Crippen LogP contribution in [-0.2, 0) is 6.54 Å². The molecular weight excluding hydrogens is 336 g/mol. The molecule has 0 bridgehead atoms. The third-order valence-corrected chi connectivity index (χ3v) is 4.07. The van der Waals surface area contributed by atoms with E-state index in [1.54, 1.807) is 30.3 Å². The van der Waals surface area contributed by atoms with Crippen molar-refractivity contribution < 1.29 is 4.79 Å². The first kappa shape index (κ1) is 16.9. The van der Waals surface area contributed by atoms with E-state index in [1.807, 2.05) is 12.1 Å². The molecule has 2 aromatic carbocycles. The van der Waals surface area contributed by atoms with Gasteiger partial charge in [-0.3, -0.25) is 4.79 Å². The normalized spacial score (nSPS) is 10.3. The van der Waals surface area contributed by atoms with Crippen molar-refractivity contribution in [2.24, 2.45) is 0 Å². The maximum absolute atomic E-state index is 12.4. The van der Waals surface area contributed by atoms with Crippen molar-refractivity contribution in [3.8, 4) is 0 Å². The Bertz CT molecular complexity index is 898. The molecule has 0 saturated heterocycles. The molecular formula is C19H17ClN4O. The number of hydrogen-bond donors (Lipinski definition) is 2. The molecule has 0 fully saturated rings. The van der Waals surface area contributed by atoms with Crippen molar-refractivity contribution in [1.29, 1.82) is 0 Å². The zero-order valence-electron chi connectivity index (χ0n) is 13.7. The smallest absolute Gasteiger partial charge is 0.274 e. The summed E-state index contributed by atoms with van der Waals surface area (Å²) in [6.07, 6.45) is 1.36. The van der Waals surface area contributed by atoms with Crippen LogP contribution in [0, 0.1) is 6.92 Å². The van der Waals surface area contributed by atoms with Gasteiger partial charge in [0.1, 0.15) is 17.8 Å². The first-order valence-electron chi connectivity index (χ1n) is 7.80. The van der Waals surface area contributed by atoms with Crippen LogP contribution in [0.25, 0.3) is 0 Å². The van der Waals surface area contributed by atoms with Gasteiger partial charge in [-0.2, -0.15) is 0 Å². The fourth-order valence-electron chi connectivity index (χ4n) is 2.32. The number of aromatic nitrogens is 2. The van der Waals surface area contributed by atoms with Crippen LogP contribution in [0.1, 0.15) is 21.6 Å². The highest BCUT2D eigenvalue weighted by Crippen LogP contribution is 2.21. The Morgan fingerprint density at radius 3 is 2.64 bits per heavy atom. The number of amides is 1. The van der Waals surface area contributed by atoms with Crippen LogP contribution >= 0.6 is 11.6 Å². The number of nitrogens with one attached hydrogen (secondary N) is 2. The Kier molecular flexibility index (Phi) is 5.26. The number of rotatable bonds is 5. The van der Waals surface area contributed by atoms with Gasteiger partial charge in [-0.15, -0.1) is 0 Å². The average molecular weight is 353 g/mol. The Balaban J connectivity index is 1.70. The van der Waals surface area contributed by atoms with Crippen molar-refractivity contribution in [2.75, 3.05) is 10.6 Å². The second kappa shape index (κ2) is 7.77. The molecule has 6 heteroatoms. The molecule has 0 aliphatic heterocycles. The summed E-state index contributed by atoms with van der Waals surface area (Å²) in [4.78, 5) is 20.6. The number of para-hydroxylation sites is 1. The highest BCUT2D eigenvalue weighted by Gasteiger charge is 2.11. The minimum absolute atomic E-state index is 0.266. The van der Waals surface area contributed by atoms with Gasteiger partial charge in [0.25, 0.3) is 5.91 Å². The lowest BCUT2D eigenvalue weighted by Gasteiger charge is -2.10. The summed E-state index contributed by atoms with van der Waals surface area (Å²) in [5, 5.41) is 6.44. The van der Waals surface area contributed by atoms with E-state index >= 15 is 0 Å². The largest absolute Gasteiger partial charge is 0.366 e. The first-order valence-corrected chi connectivity index (χ1v) is 8.17. The fourth-order valence-corrected chi connectivity index (χ4v) is 2.50. The summed E-state index contributed by atoms with van der Waals surface area (Å²) in [6, 6.07) is 16.8. The number of carbonyl (C=O) groups is 1. The molecule has 0 spiro atoms. The van der Waals surface area contributed by atoms with Crippen LogP contribution in [0.2, 0.25) is 5.02 Å². The van der Waals surface area contributed by atoms with Crippen LogP contribution in [0.4, 0.5) is 11.5 Å². The molecule has 3 aromatic rings. The number of halogens is 1. The third kappa shape index (κ3) is 4.33. The second-order valence-corrected chi connectivity index (χ2v) is 5.91. The topological polar surface area (TPSA) is 66.9 Å². The minimum Gasteiger partial charge on any atom is -0.366 e. The summed E-state index contributed by atoms with van der Waals surface area (Å²) in [6.45, 7) is 2.68. The number of aryl methyl sites for hydroxylation is 1. The van der Waals surface area contributed by atoms with Crippen LogP contribution in [0.5, 0.6) is 0 Å². The maximum Gasteiger partial charge on any atom is 0.274 e. The van der Waals surface area contributed by atoms with Gasteiger partial charge in [0.15, 0.2) is 0 Å². The fraction of sp³-hybridized carbons (Fsp3) is 0.105. The standard InChI is InChI=1S/C19H17ClN4O/c1-13-6-2-3-7-14(13)11-21-18-10-17(22-12-23-18)19(25)24-16-9-5-4-8-15(16)20/h2-10,12H,11H2,1H3,(H,24,25)(H,21,22,23). The maximum atomic E-state index is 12.4. The number of carbonyl (C=O) groups excluding carboxylic acids is 1. The van der Waals surface area contributed by atoms with Crippen molar-refractivity contribution >= 4 is 29.0 Å². The van der Waals surface area contributed by atoms with Crippen LogP contribution < -0.4 is 10.6 Å². The SMILES string of the molecule is Cc1ccccc1CNc1cc(C(=O)Nc2ccccc2Cl)ncn1. The van der Waals surface area contributed by atoms with Crippen LogP contribution in [-0.4, -0.2) is 15.9 Å². The third-order valence-electron chi connectivity index (χ3n) is 3.74. The molecule has 0 atom stereocenters. The highest BCUT2D eigenvalue weighted by molar-refractivity contribution is 6.33. The van der Waals surface area contributed by atoms with Gasteiger partial charge in [-0.1, -0.05) is 48.0 Å². The van der Waals surface area contributed by atoms with Gasteiger partial charge in [0, 0.05) is 12.6 Å². The van der Waals surface area contributed by atoms with E-state index in [-0.39, 0.29) is 11.6 Å². The van der Waals surface area contributed by atoms with E-state index in [2.05, 4.69) is 39.7 Å². The van der Waals surface area contributed by atoms with Gasteiger partial charge in [-0.05, 0) is 30.2 Å². The Morgan fingerprint density at radius 1 is 1.08 bits per heavy atom. The predicted octanol–water partition coefficient (Wildman–Crippen LogP) is 4.30. The van der Waals surface area contributed by atoms with Crippen molar-refractivity contribution in [3.05, 3.63) is 82.8 Å². The highest BCUT2D eigenvalue weighted by atomic mass is 35.5. The van der Waals surface area contributed by atoms with Crippen molar-refractivity contribution in [2.45, 2.75) is 13.5 Å². The van der Waals surface area contributed by atoms with Crippen LogP contribution in [0.3, 0.4) is 0 Å². The lowest BCUT2D eigenvalue weighted by molar-refractivity contribution is 0.102. The van der Waals surface area contributed by atoms with E-state index < -0.39 is 0 Å². The monoisotopic (exact) mass is 352 g/mol. The van der Waals surface area contributed by atoms with Gasteiger partial charge in [0.2, 0.25) is 0 Å². The van der Waals surface area contributed by atoms with E-state index in [0.717, 1.165) is 0 Å². The van der Waals surface area contributed by atoms with Gasteiger partial charge in [-0.25, -0.2) is 9.97 Å². The molecule has 1 aromatic heterocycles. The predicted molar refractivity (Wildman–Crippen MR) is 99.9 cm³/mol. The molecule has 2 N–H and O–H groups in total. The Labute approximate surface area is 151 Å². The van der Waals surface area contributed by atoms with Crippen molar-refractivity contribution in [3.63, 3.8) is 0 Å². The van der Waals surface area contributed by atoms with E-state index in [1.165, 1.54) is 17.5 Å². The lowest BCUT2D eigenvalue weighted by Crippen LogP contribution is -2.15.